The highest BCUT2D eigenvalue weighted by Crippen LogP contribution is 2.19. The molecule has 0 saturated carbocycles. The van der Waals surface area contributed by atoms with E-state index in [2.05, 4.69) is 19.2 Å². The first kappa shape index (κ1) is 30.8. The number of halogens is 3. The Labute approximate surface area is 204 Å². The number of hydrogen-bond acceptors (Lipinski definition) is 6. The largest absolute Gasteiger partial charge is 0.490 e. The van der Waals surface area contributed by atoms with Gasteiger partial charge in [0.1, 0.15) is 0 Å². The van der Waals surface area contributed by atoms with E-state index in [4.69, 9.17) is 14.6 Å². The summed E-state index contributed by atoms with van der Waals surface area (Å²) < 4.78 is 64.4. The second-order valence-electron chi connectivity index (χ2n) is 8.36. The van der Waals surface area contributed by atoms with E-state index >= 15 is 0 Å². The number of carboxylic acids is 1. The predicted octanol–water partition coefficient (Wildman–Crippen LogP) is 1.98. The number of piperazine rings is 1. The van der Waals surface area contributed by atoms with Crippen LogP contribution >= 0.6 is 0 Å². The lowest BCUT2D eigenvalue weighted by atomic mass is 10.0. The molecule has 0 bridgehead atoms. The quantitative estimate of drug-likeness (QED) is 0.449. The van der Waals surface area contributed by atoms with Gasteiger partial charge in [0.25, 0.3) is 0 Å². The third kappa shape index (κ3) is 10.9. The Morgan fingerprint density at radius 3 is 2.17 bits per heavy atom. The number of rotatable bonds is 10. The van der Waals surface area contributed by atoms with Gasteiger partial charge in [-0.05, 0) is 36.5 Å². The Morgan fingerprint density at radius 2 is 1.71 bits per heavy atom. The Morgan fingerprint density at radius 1 is 1.17 bits per heavy atom. The number of nitrogens with one attached hydrogen (secondary N) is 1. The van der Waals surface area contributed by atoms with E-state index in [1.165, 1.54) is 4.31 Å². The van der Waals surface area contributed by atoms with Crippen molar-refractivity contribution < 1.29 is 41.0 Å². The van der Waals surface area contributed by atoms with E-state index in [0.29, 0.717) is 32.0 Å². The number of carbonyl (C=O) groups is 2. The molecule has 0 aliphatic carbocycles. The molecule has 1 fully saturated rings. The minimum atomic E-state index is -5.08. The lowest BCUT2D eigenvalue weighted by Crippen LogP contribution is -2.50. The molecular formula is C22H34F3N3O6S. The number of amides is 1. The Hall–Kier alpha value is -2.22. The fraction of sp³-hybridized carbons (Fsp3) is 0.636. The molecular weight excluding hydrogens is 491 g/mol. The van der Waals surface area contributed by atoms with Gasteiger partial charge >= 0.3 is 12.1 Å². The maximum Gasteiger partial charge on any atom is 0.490 e. The first-order valence-electron chi connectivity index (χ1n) is 11.2. The number of benzene rings is 1. The van der Waals surface area contributed by atoms with Crippen LogP contribution in [0.25, 0.3) is 0 Å². The van der Waals surface area contributed by atoms with E-state index in [9.17, 15) is 26.4 Å². The van der Waals surface area contributed by atoms with Crippen LogP contribution in [0.2, 0.25) is 0 Å². The molecule has 1 aliphatic heterocycles. The van der Waals surface area contributed by atoms with Crippen molar-refractivity contribution in [1.29, 1.82) is 0 Å². The summed E-state index contributed by atoms with van der Waals surface area (Å²) in [7, 11) is -2.16. The summed E-state index contributed by atoms with van der Waals surface area (Å²) in [4.78, 5) is 23.5. The zero-order valence-electron chi connectivity index (χ0n) is 20.2. The first-order valence-corrected chi connectivity index (χ1v) is 12.6. The molecule has 9 nitrogen and oxygen atoms in total. The molecule has 1 aliphatic rings. The molecule has 1 amide bonds. The molecule has 1 heterocycles. The highest BCUT2D eigenvalue weighted by Gasteiger charge is 2.38. The summed E-state index contributed by atoms with van der Waals surface area (Å²) in [6.07, 6.45) is -3.64. The molecule has 0 atom stereocenters. The van der Waals surface area contributed by atoms with Crippen LogP contribution in [0, 0.1) is 5.92 Å². The Bertz CT molecular complexity index is 902. The summed E-state index contributed by atoms with van der Waals surface area (Å²) in [5.74, 6) is -2.41. The van der Waals surface area contributed by atoms with Gasteiger partial charge in [0, 0.05) is 46.4 Å². The van der Waals surface area contributed by atoms with E-state index in [1.54, 1.807) is 24.1 Å². The van der Waals surface area contributed by atoms with Crippen LogP contribution in [0.1, 0.15) is 25.8 Å². The van der Waals surface area contributed by atoms with Crippen LogP contribution < -0.4 is 5.32 Å². The van der Waals surface area contributed by atoms with Gasteiger partial charge in [-0.1, -0.05) is 26.0 Å². The topological polar surface area (TPSA) is 116 Å². The van der Waals surface area contributed by atoms with Gasteiger partial charge in [0.15, 0.2) is 0 Å². The van der Waals surface area contributed by atoms with Gasteiger partial charge < -0.3 is 20.1 Å². The third-order valence-corrected chi connectivity index (χ3v) is 6.84. The number of alkyl halides is 3. The van der Waals surface area contributed by atoms with E-state index < -0.39 is 22.2 Å². The fourth-order valence-electron chi connectivity index (χ4n) is 3.25. The number of sulfonamides is 1. The molecule has 0 aromatic heterocycles. The van der Waals surface area contributed by atoms with E-state index in [1.807, 2.05) is 12.1 Å². The standard InChI is InChI=1S/C20H33N3O4S.C2HF3O2/c1-17(2)15-18-5-7-19(8-6-18)28(25,26)23(11-4-14-27-3)16-20(24)22-12-9-21-10-13-22;3-2(4,5)1(6)7/h5-8,17,21H,4,9-16H2,1-3H3;(H,6,7). The molecule has 35 heavy (non-hydrogen) atoms. The van der Waals surface area contributed by atoms with Gasteiger partial charge in [-0.2, -0.15) is 17.5 Å². The maximum atomic E-state index is 13.2. The second kappa shape index (κ2) is 14.4. The smallest absolute Gasteiger partial charge is 0.475 e. The van der Waals surface area contributed by atoms with Crippen LogP contribution in [-0.2, 0) is 30.8 Å². The lowest BCUT2D eigenvalue weighted by molar-refractivity contribution is -0.192. The van der Waals surface area contributed by atoms with Gasteiger partial charge in [-0.25, -0.2) is 13.2 Å². The number of carboxylic acid groups (broad SMARTS) is 1. The zero-order valence-corrected chi connectivity index (χ0v) is 21.0. The summed E-state index contributed by atoms with van der Waals surface area (Å²) in [5.41, 5.74) is 1.11. The summed E-state index contributed by atoms with van der Waals surface area (Å²) in [6, 6.07) is 7.01. The number of nitrogens with zero attached hydrogens (tertiary/aromatic N) is 2. The number of methoxy groups -OCH3 is 1. The minimum Gasteiger partial charge on any atom is -0.475 e. The third-order valence-electron chi connectivity index (χ3n) is 4.98. The van der Waals surface area contributed by atoms with Gasteiger partial charge in [-0.15, -0.1) is 0 Å². The van der Waals surface area contributed by atoms with E-state index in [0.717, 1.165) is 25.1 Å². The molecule has 0 unspecified atom stereocenters. The lowest BCUT2D eigenvalue weighted by Gasteiger charge is -2.30. The molecule has 2 rings (SSSR count). The number of ether oxygens (including phenoxy) is 1. The number of aliphatic carboxylic acids is 1. The molecule has 0 radical (unpaired) electrons. The van der Waals surface area contributed by atoms with Gasteiger partial charge in [-0.3, -0.25) is 4.79 Å². The van der Waals surface area contributed by atoms with Crippen molar-refractivity contribution in [1.82, 2.24) is 14.5 Å². The van der Waals surface area contributed by atoms with E-state index in [-0.39, 0.29) is 23.9 Å². The monoisotopic (exact) mass is 525 g/mol. The van der Waals surface area contributed by atoms with Gasteiger partial charge in [0.05, 0.1) is 11.4 Å². The van der Waals surface area contributed by atoms with Crippen molar-refractivity contribution in [3.8, 4) is 0 Å². The Kier molecular flexibility index (Phi) is 12.6. The van der Waals surface area contributed by atoms with Crippen LogP contribution in [0.3, 0.4) is 0 Å². The molecule has 2 N–H and O–H groups in total. The van der Waals surface area contributed by atoms with Crippen LogP contribution in [0.15, 0.2) is 29.2 Å². The van der Waals surface area contributed by atoms with Crippen LogP contribution in [0.4, 0.5) is 13.2 Å². The molecule has 1 aromatic rings. The van der Waals surface area contributed by atoms with Crippen molar-refractivity contribution in [2.75, 3.05) is 53.0 Å². The average Bonchev–Trinajstić information content (AvgIpc) is 2.78. The van der Waals surface area contributed by atoms with Crippen molar-refractivity contribution in [3.63, 3.8) is 0 Å². The minimum absolute atomic E-state index is 0.139. The first-order chi connectivity index (χ1) is 16.3. The highest BCUT2D eigenvalue weighted by atomic mass is 32.2. The zero-order chi connectivity index (χ0) is 26.6. The maximum absolute atomic E-state index is 13.2. The van der Waals surface area contributed by atoms with Crippen molar-refractivity contribution >= 4 is 21.9 Å². The molecule has 0 spiro atoms. The summed E-state index contributed by atoms with van der Waals surface area (Å²) in [5, 5.41) is 10.3. The number of hydrogen-bond donors (Lipinski definition) is 2. The molecule has 1 saturated heterocycles. The Balaban J connectivity index is 0.000000762. The predicted molar refractivity (Wildman–Crippen MR) is 123 cm³/mol. The van der Waals surface area contributed by atoms with Crippen LogP contribution in [-0.4, -0.2) is 93.8 Å². The average molecular weight is 526 g/mol. The summed E-state index contributed by atoms with van der Waals surface area (Å²) in [6.45, 7) is 7.50. The van der Waals surface area contributed by atoms with Crippen molar-refractivity contribution in [2.24, 2.45) is 5.92 Å². The van der Waals surface area contributed by atoms with Crippen molar-refractivity contribution in [3.05, 3.63) is 29.8 Å². The fourth-order valence-corrected chi connectivity index (χ4v) is 4.68. The SMILES string of the molecule is COCCCN(CC(=O)N1CCNCC1)S(=O)(=O)c1ccc(CC(C)C)cc1.O=C(O)C(F)(F)F. The second-order valence-corrected chi connectivity index (χ2v) is 10.3. The molecule has 13 heteroatoms. The van der Waals surface area contributed by atoms with Crippen molar-refractivity contribution in [2.45, 2.75) is 37.8 Å². The molecule has 200 valence electrons. The number of carbonyl (C=O) groups excluding carboxylic acids is 1. The highest BCUT2D eigenvalue weighted by molar-refractivity contribution is 7.89. The normalized spacial score (nSPS) is 14.6. The van der Waals surface area contributed by atoms with Crippen LogP contribution in [0.5, 0.6) is 0 Å². The van der Waals surface area contributed by atoms with Gasteiger partial charge in [0.2, 0.25) is 15.9 Å². The molecule has 1 aromatic carbocycles. The summed E-state index contributed by atoms with van der Waals surface area (Å²) >= 11 is 0.